The van der Waals surface area contributed by atoms with Gasteiger partial charge in [0.2, 0.25) is 0 Å². The molecule has 1 aromatic rings. The van der Waals surface area contributed by atoms with Crippen molar-refractivity contribution in [3.63, 3.8) is 0 Å². The molecule has 0 bridgehead atoms. The summed E-state index contributed by atoms with van der Waals surface area (Å²) >= 11 is 0. The average Bonchev–Trinajstić information content (AvgIpc) is 2.71. The predicted molar refractivity (Wildman–Crippen MR) is 76.2 cm³/mol. The topological polar surface area (TPSA) is 76.4 Å². The number of aryl methyl sites for hydroxylation is 2. The van der Waals surface area contributed by atoms with Crippen molar-refractivity contribution in [1.29, 1.82) is 0 Å². The molecule has 1 aromatic heterocycles. The highest BCUT2D eigenvalue weighted by Gasteiger charge is 2.13. The van der Waals surface area contributed by atoms with E-state index in [1.165, 1.54) is 32.1 Å². The lowest BCUT2D eigenvalue weighted by Gasteiger charge is -2.23. The minimum Gasteiger partial charge on any atom is -0.370 e. The maximum atomic E-state index is 5.92. The molecule has 0 aromatic carbocycles. The number of nitrogens with one attached hydrogen (secondary N) is 1. The van der Waals surface area contributed by atoms with E-state index in [1.54, 1.807) is 0 Å². The van der Waals surface area contributed by atoms with E-state index < -0.39 is 0 Å². The van der Waals surface area contributed by atoms with Crippen LogP contribution in [0.4, 0.5) is 0 Å². The number of nitrogens with two attached hydrogens (primary N) is 1. The summed E-state index contributed by atoms with van der Waals surface area (Å²) in [7, 11) is 0. The van der Waals surface area contributed by atoms with E-state index in [2.05, 4.69) is 15.5 Å². The van der Waals surface area contributed by atoms with Crippen LogP contribution in [0.5, 0.6) is 0 Å². The van der Waals surface area contributed by atoms with E-state index in [-0.39, 0.29) is 0 Å². The molecule has 3 N–H and O–H groups in total. The molecule has 19 heavy (non-hydrogen) atoms. The number of aromatic nitrogens is 1. The molecule has 0 amide bonds. The number of guanidine groups is 1. The molecule has 1 aliphatic rings. The van der Waals surface area contributed by atoms with Crippen LogP contribution in [0.3, 0.4) is 0 Å². The molecule has 106 valence electrons. The second kappa shape index (κ2) is 6.59. The average molecular weight is 264 g/mol. The van der Waals surface area contributed by atoms with Gasteiger partial charge >= 0.3 is 0 Å². The highest BCUT2D eigenvalue weighted by Crippen LogP contribution is 2.17. The number of hydrogen-bond acceptors (Lipinski definition) is 3. The van der Waals surface area contributed by atoms with Gasteiger partial charge in [-0.2, -0.15) is 0 Å². The fourth-order valence-electron chi connectivity index (χ4n) is 2.65. The Kier molecular flexibility index (Phi) is 4.82. The molecule has 0 saturated heterocycles. The third-order valence-electron chi connectivity index (χ3n) is 3.78. The zero-order chi connectivity index (χ0) is 13.7. The monoisotopic (exact) mass is 264 g/mol. The van der Waals surface area contributed by atoms with Crippen molar-refractivity contribution in [3.8, 4) is 0 Å². The third-order valence-corrected chi connectivity index (χ3v) is 3.78. The van der Waals surface area contributed by atoms with E-state index in [4.69, 9.17) is 10.3 Å². The Morgan fingerprint density at radius 1 is 1.37 bits per heavy atom. The van der Waals surface area contributed by atoms with E-state index in [0.717, 1.165) is 23.4 Å². The molecule has 1 fully saturated rings. The minimum atomic E-state index is 0.511. The SMILES string of the molecule is Cc1noc(C)c1CCN=C(N)NC1CCCCC1. The van der Waals surface area contributed by atoms with Crippen LogP contribution in [0, 0.1) is 13.8 Å². The Bertz CT molecular complexity index is 413. The predicted octanol–water partition coefficient (Wildman–Crippen LogP) is 2.07. The van der Waals surface area contributed by atoms with Gasteiger partial charge in [-0.1, -0.05) is 24.4 Å². The molecule has 0 aliphatic heterocycles. The van der Waals surface area contributed by atoms with Crippen LogP contribution in [0.15, 0.2) is 9.52 Å². The first-order valence-corrected chi connectivity index (χ1v) is 7.15. The second-order valence-electron chi connectivity index (χ2n) is 5.30. The fraction of sp³-hybridized carbons (Fsp3) is 0.714. The highest BCUT2D eigenvalue weighted by molar-refractivity contribution is 5.78. The van der Waals surface area contributed by atoms with Gasteiger partial charge in [0, 0.05) is 18.2 Å². The van der Waals surface area contributed by atoms with Crippen LogP contribution in [-0.2, 0) is 6.42 Å². The number of hydrogen-bond donors (Lipinski definition) is 2. The summed E-state index contributed by atoms with van der Waals surface area (Å²) in [5.74, 6) is 1.45. The molecule has 0 atom stereocenters. The first-order chi connectivity index (χ1) is 9.16. The quantitative estimate of drug-likeness (QED) is 0.644. The standard InChI is InChI=1S/C14H24N4O/c1-10-13(11(2)19-18-10)8-9-16-14(15)17-12-6-4-3-5-7-12/h12H,3-9H2,1-2H3,(H3,15,16,17). The van der Waals surface area contributed by atoms with Crippen LogP contribution in [0.25, 0.3) is 0 Å². The lowest BCUT2D eigenvalue weighted by atomic mass is 9.96. The molecule has 0 radical (unpaired) electrons. The third kappa shape index (κ3) is 3.98. The molecule has 2 rings (SSSR count). The normalized spacial score (nSPS) is 17.7. The molecular weight excluding hydrogens is 240 g/mol. The second-order valence-corrected chi connectivity index (χ2v) is 5.30. The molecule has 1 heterocycles. The lowest BCUT2D eigenvalue weighted by Crippen LogP contribution is -2.41. The van der Waals surface area contributed by atoms with Crippen molar-refractivity contribution in [1.82, 2.24) is 10.5 Å². The summed E-state index contributed by atoms with van der Waals surface area (Å²) in [6.07, 6.45) is 7.18. The summed E-state index contributed by atoms with van der Waals surface area (Å²) in [6, 6.07) is 0.511. The summed E-state index contributed by atoms with van der Waals surface area (Å²) in [4.78, 5) is 4.39. The van der Waals surface area contributed by atoms with Crippen LogP contribution in [0.2, 0.25) is 0 Å². The van der Waals surface area contributed by atoms with Crippen molar-refractivity contribution in [2.24, 2.45) is 10.7 Å². The zero-order valence-electron chi connectivity index (χ0n) is 11.9. The zero-order valence-corrected chi connectivity index (χ0v) is 11.9. The molecule has 0 spiro atoms. The van der Waals surface area contributed by atoms with E-state index in [0.29, 0.717) is 18.5 Å². The Labute approximate surface area is 114 Å². The van der Waals surface area contributed by atoms with Crippen molar-refractivity contribution >= 4 is 5.96 Å². The van der Waals surface area contributed by atoms with Crippen LogP contribution in [-0.4, -0.2) is 23.7 Å². The summed E-state index contributed by atoms with van der Waals surface area (Å²) in [5.41, 5.74) is 8.02. The molecular formula is C14H24N4O. The van der Waals surface area contributed by atoms with E-state index in [1.807, 2.05) is 13.8 Å². The first-order valence-electron chi connectivity index (χ1n) is 7.15. The molecule has 1 aliphatic carbocycles. The lowest BCUT2D eigenvalue weighted by molar-refractivity contribution is 0.392. The summed E-state index contributed by atoms with van der Waals surface area (Å²) in [5, 5.41) is 7.25. The number of nitrogens with zero attached hydrogens (tertiary/aromatic N) is 2. The van der Waals surface area contributed by atoms with Crippen LogP contribution < -0.4 is 11.1 Å². The van der Waals surface area contributed by atoms with Gasteiger partial charge in [-0.15, -0.1) is 0 Å². The highest BCUT2D eigenvalue weighted by atomic mass is 16.5. The van der Waals surface area contributed by atoms with Crippen molar-refractivity contribution < 1.29 is 4.52 Å². The Morgan fingerprint density at radius 2 is 2.11 bits per heavy atom. The van der Waals surface area contributed by atoms with E-state index in [9.17, 15) is 0 Å². The van der Waals surface area contributed by atoms with Gasteiger partial charge < -0.3 is 15.6 Å². The molecule has 5 heteroatoms. The van der Waals surface area contributed by atoms with Gasteiger partial charge in [0.05, 0.1) is 5.69 Å². The Balaban J connectivity index is 1.78. The van der Waals surface area contributed by atoms with Crippen molar-refractivity contribution in [2.75, 3.05) is 6.54 Å². The van der Waals surface area contributed by atoms with Gasteiger partial charge in [0.15, 0.2) is 5.96 Å². The van der Waals surface area contributed by atoms with Gasteiger partial charge in [-0.25, -0.2) is 0 Å². The first kappa shape index (κ1) is 13.9. The molecule has 0 unspecified atom stereocenters. The summed E-state index contributed by atoms with van der Waals surface area (Å²) in [6.45, 7) is 4.57. The van der Waals surface area contributed by atoms with Gasteiger partial charge in [-0.3, -0.25) is 4.99 Å². The fourth-order valence-corrected chi connectivity index (χ4v) is 2.65. The van der Waals surface area contributed by atoms with Crippen molar-refractivity contribution in [3.05, 3.63) is 17.0 Å². The minimum absolute atomic E-state index is 0.511. The largest absolute Gasteiger partial charge is 0.370 e. The smallest absolute Gasteiger partial charge is 0.188 e. The number of rotatable bonds is 4. The maximum absolute atomic E-state index is 5.92. The Hall–Kier alpha value is -1.52. The van der Waals surface area contributed by atoms with Crippen molar-refractivity contribution in [2.45, 2.75) is 58.4 Å². The van der Waals surface area contributed by atoms with E-state index >= 15 is 0 Å². The molecule has 5 nitrogen and oxygen atoms in total. The molecule has 1 saturated carbocycles. The summed E-state index contributed by atoms with van der Waals surface area (Å²) < 4.78 is 5.13. The van der Waals surface area contributed by atoms with Crippen LogP contribution in [0.1, 0.15) is 49.1 Å². The van der Waals surface area contributed by atoms with Crippen LogP contribution >= 0.6 is 0 Å². The number of aliphatic imine (C=N–C) groups is 1. The van der Waals surface area contributed by atoms with Gasteiger partial charge in [0.1, 0.15) is 5.76 Å². The Morgan fingerprint density at radius 3 is 2.74 bits per heavy atom. The maximum Gasteiger partial charge on any atom is 0.188 e. The van der Waals surface area contributed by atoms with Gasteiger partial charge in [-0.05, 0) is 33.1 Å². The van der Waals surface area contributed by atoms with Gasteiger partial charge in [0.25, 0.3) is 0 Å².